The maximum atomic E-state index is 14.7. The highest BCUT2D eigenvalue weighted by Crippen LogP contribution is 2.25. The molecule has 0 aliphatic carbocycles. The van der Waals surface area contributed by atoms with Gasteiger partial charge in [-0.25, -0.2) is 9.49 Å². The zero-order valence-corrected chi connectivity index (χ0v) is 19.7. The number of hydrogen-bond acceptors (Lipinski definition) is 6. The summed E-state index contributed by atoms with van der Waals surface area (Å²) in [7, 11) is 0. The Morgan fingerprint density at radius 2 is 1.92 bits per heavy atom. The van der Waals surface area contributed by atoms with E-state index in [1.807, 2.05) is 0 Å². The lowest BCUT2D eigenvalue weighted by molar-refractivity contribution is 0.0693. The Kier molecular flexibility index (Phi) is 6.75. The standard InChI is InChI=1S/C26H27FN6O3/c27-21-4-3-16(15-22-23-19(2-1-9-29-23)25(35)32-31-22)14-20(21)26(36)33-12-7-18(8-13-33)30-24(34)17-5-10-28-11-6-17/h3-6,10-11,14,18,29H,1-2,7-9,12-13,15H2,(H,30,34)(H,32,35). The van der Waals surface area contributed by atoms with E-state index in [0.29, 0.717) is 55.6 Å². The predicted octanol–water partition coefficient (Wildman–Crippen LogP) is 2.29. The van der Waals surface area contributed by atoms with E-state index in [1.54, 1.807) is 41.6 Å². The van der Waals surface area contributed by atoms with Crippen molar-refractivity contribution in [3.63, 3.8) is 0 Å². The fourth-order valence-corrected chi connectivity index (χ4v) is 4.79. The second kappa shape index (κ2) is 10.3. The lowest BCUT2D eigenvalue weighted by Gasteiger charge is -2.32. The molecule has 2 aliphatic rings. The number of carbonyl (C=O) groups is 2. The number of pyridine rings is 1. The van der Waals surface area contributed by atoms with Crippen molar-refractivity contribution in [2.24, 2.45) is 0 Å². The molecule has 1 fully saturated rings. The van der Waals surface area contributed by atoms with Gasteiger partial charge in [0, 0.05) is 55.6 Å². The van der Waals surface area contributed by atoms with Crippen LogP contribution in [0, 0.1) is 5.82 Å². The molecular weight excluding hydrogens is 463 g/mol. The number of hydrogen-bond donors (Lipinski definition) is 3. The number of piperidine rings is 1. The first-order valence-electron chi connectivity index (χ1n) is 12.1. The molecule has 2 aliphatic heterocycles. The minimum absolute atomic E-state index is 0.0121. The zero-order valence-electron chi connectivity index (χ0n) is 19.7. The number of rotatable bonds is 5. The number of anilines is 1. The molecule has 2 amide bonds. The van der Waals surface area contributed by atoms with Crippen molar-refractivity contribution in [2.75, 3.05) is 25.0 Å². The molecule has 1 aromatic carbocycles. The summed E-state index contributed by atoms with van der Waals surface area (Å²) in [6, 6.07) is 7.74. The average Bonchev–Trinajstić information content (AvgIpc) is 2.92. The third-order valence-corrected chi connectivity index (χ3v) is 6.75. The number of halogens is 1. The Labute approximate surface area is 207 Å². The van der Waals surface area contributed by atoms with E-state index in [4.69, 9.17) is 0 Å². The van der Waals surface area contributed by atoms with Gasteiger partial charge < -0.3 is 15.5 Å². The molecule has 3 N–H and O–H groups in total. The van der Waals surface area contributed by atoms with Gasteiger partial charge in [-0.2, -0.15) is 5.10 Å². The molecule has 4 heterocycles. The Hall–Kier alpha value is -4.08. The van der Waals surface area contributed by atoms with Crippen LogP contribution in [0.1, 0.15) is 56.8 Å². The van der Waals surface area contributed by atoms with Crippen molar-refractivity contribution in [1.82, 2.24) is 25.4 Å². The third kappa shape index (κ3) is 4.98. The molecule has 0 radical (unpaired) electrons. The van der Waals surface area contributed by atoms with Crippen molar-refractivity contribution in [3.05, 3.63) is 86.8 Å². The molecule has 9 nitrogen and oxygen atoms in total. The summed E-state index contributed by atoms with van der Waals surface area (Å²) >= 11 is 0. The lowest BCUT2D eigenvalue weighted by Crippen LogP contribution is -2.46. The summed E-state index contributed by atoms with van der Waals surface area (Å²) in [6.45, 7) is 1.60. The summed E-state index contributed by atoms with van der Waals surface area (Å²) < 4.78 is 14.7. The van der Waals surface area contributed by atoms with Gasteiger partial charge >= 0.3 is 0 Å². The van der Waals surface area contributed by atoms with Gasteiger partial charge in [-0.15, -0.1) is 0 Å². The van der Waals surface area contributed by atoms with Gasteiger partial charge in [-0.1, -0.05) is 6.07 Å². The largest absolute Gasteiger partial charge is 0.383 e. The molecule has 0 atom stereocenters. The monoisotopic (exact) mass is 490 g/mol. The third-order valence-electron chi connectivity index (χ3n) is 6.75. The molecule has 186 valence electrons. The van der Waals surface area contributed by atoms with Crippen LogP contribution < -0.4 is 16.2 Å². The molecule has 2 aromatic heterocycles. The molecule has 10 heteroatoms. The number of amides is 2. The van der Waals surface area contributed by atoms with Crippen LogP contribution in [0.3, 0.4) is 0 Å². The minimum atomic E-state index is -0.577. The number of carbonyl (C=O) groups excluding carboxylic acids is 2. The van der Waals surface area contributed by atoms with Crippen LogP contribution in [0.5, 0.6) is 0 Å². The molecule has 1 saturated heterocycles. The van der Waals surface area contributed by atoms with Gasteiger partial charge in [0.1, 0.15) is 5.82 Å². The maximum absolute atomic E-state index is 14.7. The number of nitrogens with one attached hydrogen (secondary N) is 3. The van der Waals surface area contributed by atoms with Crippen LogP contribution in [0.2, 0.25) is 0 Å². The Morgan fingerprint density at radius 1 is 1.14 bits per heavy atom. The molecule has 0 unspecified atom stereocenters. The van der Waals surface area contributed by atoms with Crippen LogP contribution in [-0.4, -0.2) is 57.6 Å². The molecule has 0 saturated carbocycles. The smallest absolute Gasteiger partial charge is 0.269 e. The Balaban J connectivity index is 1.25. The van der Waals surface area contributed by atoms with Crippen molar-refractivity contribution >= 4 is 17.5 Å². The van der Waals surface area contributed by atoms with Crippen LogP contribution >= 0.6 is 0 Å². The highest BCUT2D eigenvalue weighted by molar-refractivity contribution is 5.95. The first kappa shape index (κ1) is 23.7. The van der Waals surface area contributed by atoms with Gasteiger partial charge in [0.05, 0.1) is 16.9 Å². The van der Waals surface area contributed by atoms with Crippen molar-refractivity contribution in [1.29, 1.82) is 0 Å². The van der Waals surface area contributed by atoms with Gasteiger partial charge in [0.25, 0.3) is 17.4 Å². The topological polar surface area (TPSA) is 120 Å². The Bertz CT molecular complexity index is 1340. The van der Waals surface area contributed by atoms with Gasteiger partial charge in [0.15, 0.2) is 0 Å². The van der Waals surface area contributed by atoms with Crippen LogP contribution in [0.25, 0.3) is 0 Å². The fraction of sp³-hybridized carbons (Fsp3) is 0.346. The average molecular weight is 491 g/mol. The number of benzene rings is 1. The molecule has 36 heavy (non-hydrogen) atoms. The number of aromatic nitrogens is 3. The highest BCUT2D eigenvalue weighted by Gasteiger charge is 2.27. The second-order valence-corrected chi connectivity index (χ2v) is 9.15. The number of fused-ring (bicyclic) bond motifs is 1. The molecule has 5 rings (SSSR count). The lowest BCUT2D eigenvalue weighted by atomic mass is 9.99. The SMILES string of the molecule is O=C(NC1CCN(C(=O)c2cc(Cc3n[nH]c(=O)c4c3NCCC4)ccc2F)CC1)c1ccncc1. The minimum Gasteiger partial charge on any atom is -0.383 e. The van der Waals surface area contributed by atoms with E-state index >= 15 is 0 Å². The first-order valence-corrected chi connectivity index (χ1v) is 12.1. The first-order chi connectivity index (χ1) is 17.5. The molecule has 0 bridgehead atoms. The zero-order chi connectivity index (χ0) is 25.1. The summed E-state index contributed by atoms with van der Waals surface area (Å²) in [5, 5.41) is 13.0. The number of H-pyrrole nitrogens is 1. The summed E-state index contributed by atoms with van der Waals surface area (Å²) in [5.41, 5.74) is 3.17. The van der Waals surface area contributed by atoms with Gasteiger partial charge in [-0.3, -0.25) is 19.4 Å². The van der Waals surface area contributed by atoms with E-state index in [9.17, 15) is 18.8 Å². The van der Waals surface area contributed by atoms with E-state index in [2.05, 4.69) is 25.8 Å². The van der Waals surface area contributed by atoms with Crippen LogP contribution in [0.4, 0.5) is 10.1 Å². The maximum Gasteiger partial charge on any atom is 0.269 e. The van der Waals surface area contributed by atoms with E-state index in [1.165, 1.54) is 6.07 Å². The number of aromatic amines is 1. The molecule has 0 spiro atoms. The predicted molar refractivity (Wildman–Crippen MR) is 132 cm³/mol. The van der Waals surface area contributed by atoms with E-state index in [0.717, 1.165) is 24.2 Å². The quantitative estimate of drug-likeness (QED) is 0.505. The van der Waals surface area contributed by atoms with Gasteiger partial charge in [-0.05, 0) is 55.5 Å². The van der Waals surface area contributed by atoms with E-state index in [-0.39, 0.29) is 29.0 Å². The summed E-state index contributed by atoms with van der Waals surface area (Å²) in [6.07, 6.45) is 6.22. The second-order valence-electron chi connectivity index (χ2n) is 9.15. The van der Waals surface area contributed by atoms with Crippen molar-refractivity contribution in [3.8, 4) is 0 Å². The number of nitrogens with zero attached hydrogens (tertiary/aromatic N) is 3. The van der Waals surface area contributed by atoms with Crippen LogP contribution in [-0.2, 0) is 12.8 Å². The van der Waals surface area contributed by atoms with Crippen molar-refractivity contribution in [2.45, 2.75) is 38.1 Å². The molecule has 3 aromatic rings. The Morgan fingerprint density at radius 3 is 2.69 bits per heavy atom. The van der Waals surface area contributed by atoms with E-state index < -0.39 is 5.82 Å². The normalized spacial score (nSPS) is 15.6. The highest BCUT2D eigenvalue weighted by atomic mass is 19.1. The van der Waals surface area contributed by atoms with Crippen molar-refractivity contribution < 1.29 is 14.0 Å². The summed E-state index contributed by atoms with van der Waals surface area (Å²) in [5.74, 6) is -1.12. The number of likely N-dealkylation sites (tertiary alicyclic amines) is 1. The van der Waals surface area contributed by atoms with Gasteiger partial charge in [0.2, 0.25) is 0 Å². The summed E-state index contributed by atoms with van der Waals surface area (Å²) in [4.78, 5) is 43.2. The molecular formula is C26H27FN6O3. The fourth-order valence-electron chi connectivity index (χ4n) is 4.79. The van der Waals surface area contributed by atoms with Crippen LogP contribution in [0.15, 0.2) is 47.5 Å².